The van der Waals surface area contributed by atoms with Gasteiger partial charge in [0.25, 0.3) is 0 Å². The van der Waals surface area contributed by atoms with Gasteiger partial charge in [0.15, 0.2) is 0 Å². The Labute approximate surface area is 111 Å². The molecule has 0 bridgehead atoms. The lowest BCUT2D eigenvalue weighted by molar-refractivity contribution is 0.241. The number of piperidine rings is 1. The molecule has 1 aliphatic heterocycles. The van der Waals surface area contributed by atoms with Crippen molar-refractivity contribution in [2.45, 2.75) is 32.1 Å². The van der Waals surface area contributed by atoms with E-state index in [1.807, 2.05) is 6.92 Å². The summed E-state index contributed by atoms with van der Waals surface area (Å²) >= 11 is 0. The number of hydrogen-bond donors (Lipinski definition) is 1. The van der Waals surface area contributed by atoms with Crippen LogP contribution in [0.1, 0.15) is 31.2 Å². The second-order valence-corrected chi connectivity index (χ2v) is 5.32. The zero-order chi connectivity index (χ0) is 13.3. The predicted molar refractivity (Wildman–Crippen MR) is 69.5 cm³/mol. The molecule has 3 rings (SSSR count). The van der Waals surface area contributed by atoms with Crippen LogP contribution in [0.5, 0.6) is 0 Å². The third kappa shape index (κ3) is 2.35. The predicted octanol–water partition coefficient (Wildman–Crippen LogP) is 1.48. The zero-order valence-electron chi connectivity index (χ0n) is 11.2. The Bertz CT molecular complexity index is 557. The normalized spacial score (nSPS) is 18.4. The molecule has 0 spiro atoms. The molecule has 3 heterocycles. The van der Waals surface area contributed by atoms with Gasteiger partial charge in [-0.3, -0.25) is 0 Å². The van der Waals surface area contributed by atoms with Crippen molar-refractivity contribution >= 4 is 0 Å². The van der Waals surface area contributed by atoms with Crippen molar-refractivity contribution in [3.05, 3.63) is 23.8 Å². The third-order valence-corrected chi connectivity index (χ3v) is 3.63. The third-order valence-electron chi connectivity index (χ3n) is 3.63. The number of nitrogens with one attached hydrogen (secondary N) is 1. The van der Waals surface area contributed by atoms with Crippen molar-refractivity contribution < 1.29 is 4.52 Å². The van der Waals surface area contributed by atoms with E-state index in [1.165, 1.54) is 0 Å². The van der Waals surface area contributed by atoms with Crippen LogP contribution in [0.4, 0.5) is 0 Å². The van der Waals surface area contributed by atoms with E-state index in [9.17, 15) is 0 Å². The number of aryl methyl sites for hydroxylation is 1. The second kappa shape index (κ2) is 4.70. The largest absolute Gasteiger partial charge is 0.338 e. The molecule has 1 aliphatic rings. The van der Waals surface area contributed by atoms with E-state index in [0.717, 1.165) is 31.5 Å². The van der Waals surface area contributed by atoms with Crippen LogP contribution in [0, 0.1) is 6.92 Å². The minimum absolute atomic E-state index is 0.0405. The summed E-state index contributed by atoms with van der Waals surface area (Å²) in [4.78, 5) is 12.9. The number of hydrogen-bond acceptors (Lipinski definition) is 6. The Morgan fingerprint density at radius 2 is 1.84 bits per heavy atom. The van der Waals surface area contributed by atoms with E-state index in [1.54, 1.807) is 12.4 Å². The van der Waals surface area contributed by atoms with E-state index >= 15 is 0 Å². The maximum atomic E-state index is 5.42. The first-order valence-corrected chi connectivity index (χ1v) is 6.51. The summed E-state index contributed by atoms with van der Waals surface area (Å²) in [7, 11) is 0. The first-order chi connectivity index (χ1) is 9.17. The minimum Gasteiger partial charge on any atom is -0.338 e. The molecule has 0 amide bonds. The summed E-state index contributed by atoms with van der Waals surface area (Å²) in [6.45, 7) is 6.08. The van der Waals surface area contributed by atoms with Crippen LogP contribution in [-0.4, -0.2) is 33.2 Å². The van der Waals surface area contributed by atoms with Gasteiger partial charge in [-0.25, -0.2) is 9.97 Å². The van der Waals surface area contributed by atoms with E-state index < -0.39 is 0 Å². The molecule has 6 nitrogen and oxygen atoms in total. The first-order valence-electron chi connectivity index (χ1n) is 6.51. The summed E-state index contributed by atoms with van der Waals surface area (Å²) < 4.78 is 5.42. The summed E-state index contributed by atoms with van der Waals surface area (Å²) in [6, 6.07) is 0. The quantitative estimate of drug-likeness (QED) is 0.880. The summed E-state index contributed by atoms with van der Waals surface area (Å²) in [5, 5.41) is 7.34. The summed E-state index contributed by atoms with van der Waals surface area (Å²) in [6.07, 6.45) is 5.52. The van der Waals surface area contributed by atoms with Crippen LogP contribution in [0.25, 0.3) is 11.6 Å². The average molecular weight is 259 g/mol. The molecular weight excluding hydrogens is 242 g/mol. The summed E-state index contributed by atoms with van der Waals surface area (Å²) in [5.74, 6) is 1.67. The molecule has 1 fully saturated rings. The monoisotopic (exact) mass is 259 g/mol. The lowest BCUT2D eigenvalue weighted by Crippen LogP contribution is -2.37. The lowest BCUT2D eigenvalue weighted by atomic mass is 9.81. The van der Waals surface area contributed by atoms with Gasteiger partial charge in [-0.1, -0.05) is 12.1 Å². The molecule has 0 saturated carbocycles. The molecule has 0 atom stereocenters. The molecule has 0 unspecified atom stereocenters. The van der Waals surface area contributed by atoms with Gasteiger partial charge < -0.3 is 9.84 Å². The van der Waals surface area contributed by atoms with E-state index in [4.69, 9.17) is 4.52 Å². The molecular formula is C13H17N5O. The molecule has 1 saturated heterocycles. The van der Waals surface area contributed by atoms with Gasteiger partial charge in [-0.15, -0.1) is 0 Å². The highest BCUT2D eigenvalue weighted by atomic mass is 16.5. The fraction of sp³-hybridized carbons (Fsp3) is 0.538. The SMILES string of the molecule is Cc1cnc(-c2noc(C3(C)CCNCC3)n2)nc1. The highest BCUT2D eigenvalue weighted by Crippen LogP contribution is 2.32. The molecule has 19 heavy (non-hydrogen) atoms. The standard InChI is InChI=1S/C13H17N5O/c1-9-7-15-10(16-8-9)11-17-12(19-18-11)13(2)3-5-14-6-4-13/h7-8,14H,3-6H2,1-2H3. The maximum absolute atomic E-state index is 5.42. The van der Waals surface area contributed by atoms with Gasteiger partial charge in [0.1, 0.15) is 0 Å². The van der Waals surface area contributed by atoms with E-state index in [0.29, 0.717) is 17.5 Å². The number of nitrogens with zero attached hydrogens (tertiary/aromatic N) is 4. The molecule has 100 valence electrons. The second-order valence-electron chi connectivity index (χ2n) is 5.32. The van der Waals surface area contributed by atoms with E-state index in [2.05, 4.69) is 32.3 Å². The molecule has 6 heteroatoms. The molecule has 1 N–H and O–H groups in total. The Hall–Kier alpha value is -1.82. The minimum atomic E-state index is -0.0405. The molecule has 0 aliphatic carbocycles. The van der Waals surface area contributed by atoms with Crippen molar-refractivity contribution in [2.75, 3.05) is 13.1 Å². The van der Waals surface area contributed by atoms with Crippen molar-refractivity contribution in [2.24, 2.45) is 0 Å². The van der Waals surface area contributed by atoms with Crippen LogP contribution < -0.4 is 5.32 Å². The van der Waals surface area contributed by atoms with Gasteiger partial charge in [-0.2, -0.15) is 4.98 Å². The molecule has 0 aromatic carbocycles. The first kappa shape index (κ1) is 12.2. The van der Waals surface area contributed by atoms with Gasteiger partial charge in [-0.05, 0) is 38.4 Å². The van der Waals surface area contributed by atoms with Crippen LogP contribution in [0.15, 0.2) is 16.9 Å². The molecule has 2 aromatic heterocycles. The maximum Gasteiger partial charge on any atom is 0.240 e. The van der Waals surface area contributed by atoms with Gasteiger partial charge in [0.2, 0.25) is 17.5 Å². The Morgan fingerprint density at radius 3 is 2.53 bits per heavy atom. The van der Waals surface area contributed by atoms with Crippen LogP contribution in [-0.2, 0) is 5.41 Å². The van der Waals surface area contributed by atoms with Gasteiger partial charge in [0, 0.05) is 17.8 Å². The van der Waals surface area contributed by atoms with Crippen LogP contribution in [0.2, 0.25) is 0 Å². The van der Waals surface area contributed by atoms with Crippen molar-refractivity contribution in [3.63, 3.8) is 0 Å². The van der Waals surface area contributed by atoms with Crippen LogP contribution in [0.3, 0.4) is 0 Å². The summed E-state index contributed by atoms with van der Waals surface area (Å²) in [5.41, 5.74) is 0.971. The number of aromatic nitrogens is 4. The fourth-order valence-electron chi connectivity index (χ4n) is 2.26. The highest BCUT2D eigenvalue weighted by Gasteiger charge is 2.34. The number of rotatable bonds is 2. The fourth-order valence-corrected chi connectivity index (χ4v) is 2.26. The Kier molecular flexibility index (Phi) is 3.02. The lowest BCUT2D eigenvalue weighted by Gasteiger charge is -2.30. The Balaban J connectivity index is 1.88. The highest BCUT2D eigenvalue weighted by molar-refractivity contribution is 5.41. The smallest absolute Gasteiger partial charge is 0.240 e. The van der Waals surface area contributed by atoms with Crippen molar-refractivity contribution in [3.8, 4) is 11.6 Å². The van der Waals surface area contributed by atoms with Crippen molar-refractivity contribution in [1.29, 1.82) is 0 Å². The van der Waals surface area contributed by atoms with Gasteiger partial charge in [0.05, 0.1) is 0 Å². The zero-order valence-corrected chi connectivity index (χ0v) is 11.2. The van der Waals surface area contributed by atoms with Crippen LogP contribution >= 0.6 is 0 Å². The molecule has 2 aromatic rings. The average Bonchev–Trinajstić information content (AvgIpc) is 2.91. The van der Waals surface area contributed by atoms with Crippen molar-refractivity contribution in [1.82, 2.24) is 25.4 Å². The topological polar surface area (TPSA) is 76.7 Å². The molecule has 0 radical (unpaired) electrons. The Morgan fingerprint density at radius 1 is 1.16 bits per heavy atom. The van der Waals surface area contributed by atoms with E-state index in [-0.39, 0.29) is 5.41 Å². The van der Waals surface area contributed by atoms with Gasteiger partial charge >= 0.3 is 0 Å².